The molecule has 1 amide bonds. The average Bonchev–Trinajstić information content (AvgIpc) is 2.97. The summed E-state index contributed by atoms with van der Waals surface area (Å²) < 4.78 is 5.13. The first-order valence-electron chi connectivity index (χ1n) is 6.43. The molecule has 0 aliphatic heterocycles. The van der Waals surface area contributed by atoms with Crippen LogP contribution in [-0.4, -0.2) is 27.7 Å². The van der Waals surface area contributed by atoms with Crippen LogP contribution >= 0.6 is 0 Å². The number of aromatic amines is 1. The van der Waals surface area contributed by atoms with Crippen LogP contribution in [0.5, 0.6) is 5.75 Å². The second-order valence-corrected chi connectivity index (χ2v) is 4.62. The van der Waals surface area contributed by atoms with Crippen LogP contribution in [0.2, 0.25) is 0 Å². The Morgan fingerprint density at radius 1 is 1.43 bits per heavy atom. The highest BCUT2D eigenvalue weighted by atomic mass is 16.5. The molecule has 0 aliphatic rings. The molecule has 0 radical (unpaired) electrons. The summed E-state index contributed by atoms with van der Waals surface area (Å²) in [5.41, 5.74) is 0.597. The number of aromatic nitrogens is 3. The molecule has 0 bridgehead atoms. The number of carbonyl (C=O) groups excluding carboxylic acids is 1. The first kappa shape index (κ1) is 14.5. The van der Waals surface area contributed by atoms with E-state index in [0.29, 0.717) is 17.3 Å². The predicted octanol–water partition coefficient (Wildman–Crippen LogP) is 2.08. The quantitative estimate of drug-likeness (QED) is 0.875. The Bertz CT molecular complexity index is 655. The molecule has 1 aromatic carbocycles. The number of rotatable bonds is 5. The smallest absolute Gasteiger partial charge is 0.295 e. The van der Waals surface area contributed by atoms with Gasteiger partial charge in [0.15, 0.2) is 6.61 Å². The lowest BCUT2D eigenvalue weighted by Crippen LogP contribution is -2.13. The minimum atomic E-state index is -0.385. The van der Waals surface area contributed by atoms with Crippen molar-refractivity contribution in [1.29, 1.82) is 5.26 Å². The van der Waals surface area contributed by atoms with E-state index < -0.39 is 0 Å². The van der Waals surface area contributed by atoms with Crippen molar-refractivity contribution in [2.45, 2.75) is 19.8 Å². The number of amides is 1. The van der Waals surface area contributed by atoms with Crippen molar-refractivity contribution in [3.8, 4) is 11.8 Å². The molecular weight excluding hydrogens is 270 g/mol. The second kappa shape index (κ2) is 6.52. The molecule has 0 aliphatic carbocycles. The molecule has 0 saturated heterocycles. The number of nitriles is 1. The van der Waals surface area contributed by atoms with Crippen molar-refractivity contribution in [3.05, 3.63) is 35.9 Å². The van der Waals surface area contributed by atoms with E-state index in [9.17, 15) is 4.79 Å². The van der Waals surface area contributed by atoms with Gasteiger partial charge in [-0.2, -0.15) is 5.26 Å². The van der Waals surface area contributed by atoms with Crippen molar-refractivity contribution in [1.82, 2.24) is 15.2 Å². The first-order chi connectivity index (χ1) is 10.1. The van der Waals surface area contributed by atoms with Crippen LogP contribution in [0.4, 0.5) is 5.69 Å². The molecule has 7 heteroatoms. The van der Waals surface area contributed by atoms with Crippen molar-refractivity contribution in [2.24, 2.45) is 0 Å². The van der Waals surface area contributed by atoms with Gasteiger partial charge in [-0.15, -0.1) is 5.10 Å². The molecule has 7 nitrogen and oxygen atoms in total. The SMILES string of the molecule is CC(C)c1nc(C(=O)Nc2ccc(OCC#N)cc2)n[nH]1. The highest BCUT2D eigenvalue weighted by Gasteiger charge is 2.14. The molecule has 2 rings (SSSR count). The van der Waals surface area contributed by atoms with Gasteiger partial charge in [-0.05, 0) is 24.3 Å². The van der Waals surface area contributed by atoms with Crippen LogP contribution in [0, 0.1) is 11.3 Å². The number of nitrogens with one attached hydrogen (secondary N) is 2. The van der Waals surface area contributed by atoms with E-state index in [0.717, 1.165) is 0 Å². The number of carbonyl (C=O) groups is 1. The standard InChI is InChI=1S/C14H15N5O2/c1-9(2)12-17-13(19-18-12)14(20)16-10-3-5-11(6-4-10)21-8-7-15/h3-6,9H,8H2,1-2H3,(H,16,20)(H,17,18,19). The van der Waals surface area contributed by atoms with Crippen molar-refractivity contribution >= 4 is 11.6 Å². The van der Waals surface area contributed by atoms with Gasteiger partial charge >= 0.3 is 0 Å². The van der Waals surface area contributed by atoms with E-state index in [1.807, 2.05) is 19.9 Å². The lowest BCUT2D eigenvalue weighted by molar-refractivity contribution is 0.101. The van der Waals surface area contributed by atoms with Crippen LogP contribution in [0.3, 0.4) is 0 Å². The highest BCUT2D eigenvalue weighted by molar-refractivity contribution is 6.01. The summed E-state index contributed by atoms with van der Waals surface area (Å²) in [5.74, 6) is 1.12. The molecule has 2 aromatic rings. The molecule has 0 saturated carbocycles. The second-order valence-electron chi connectivity index (χ2n) is 4.62. The summed E-state index contributed by atoms with van der Waals surface area (Å²) in [4.78, 5) is 16.1. The highest BCUT2D eigenvalue weighted by Crippen LogP contribution is 2.16. The number of hydrogen-bond acceptors (Lipinski definition) is 5. The Morgan fingerprint density at radius 3 is 2.71 bits per heavy atom. The van der Waals surface area contributed by atoms with Gasteiger partial charge in [0.1, 0.15) is 17.6 Å². The summed E-state index contributed by atoms with van der Waals surface area (Å²) in [6.07, 6.45) is 0. The molecule has 108 valence electrons. The number of benzene rings is 1. The normalized spacial score (nSPS) is 10.2. The first-order valence-corrected chi connectivity index (χ1v) is 6.43. The van der Waals surface area contributed by atoms with E-state index in [2.05, 4.69) is 20.5 Å². The van der Waals surface area contributed by atoms with Gasteiger partial charge < -0.3 is 10.1 Å². The Kier molecular flexibility index (Phi) is 4.51. The molecule has 2 N–H and O–H groups in total. The fourth-order valence-electron chi connectivity index (χ4n) is 1.57. The molecule has 21 heavy (non-hydrogen) atoms. The number of ether oxygens (including phenoxy) is 1. The summed E-state index contributed by atoms with van der Waals surface area (Å²) in [5, 5.41) is 17.7. The maximum Gasteiger partial charge on any atom is 0.295 e. The van der Waals surface area contributed by atoms with Crippen molar-refractivity contribution in [3.63, 3.8) is 0 Å². The molecule has 0 fully saturated rings. The summed E-state index contributed by atoms with van der Waals surface area (Å²) in [6.45, 7) is 3.91. The van der Waals surface area contributed by atoms with E-state index in [-0.39, 0.29) is 24.3 Å². The number of hydrogen-bond donors (Lipinski definition) is 2. The van der Waals surface area contributed by atoms with Crippen LogP contribution in [-0.2, 0) is 0 Å². The average molecular weight is 285 g/mol. The third kappa shape index (κ3) is 3.79. The zero-order valence-corrected chi connectivity index (χ0v) is 11.8. The maximum absolute atomic E-state index is 12.0. The van der Waals surface area contributed by atoms with E-state index in [4.69, 9.17) is 10.00 Å². The predicted molar refractivity (Wildman–Crippen MR) is 76.0 cm³/mol. The minimum absolute atomic E-state index is 0.0130. The third-order valence-corrected chi connectivity index (χ3v) is 2.67. The molecular formula is C14H15N5O2. The molecule has 1 heterocycles. The lowest BCUT2D eigenvalue weighted by Gasteiger charge is -2.04. The zero-order chi connectivity index (χ0) is 15.2. The van der Waals surface area contributed by atoms with Crippen molar-refractivity contribution in [2.75, 3.05) is 11.9 Å². The topological polar surface area (TPSA) is 104 Å². The molecule has 0 unspecified atom stereocenters. The Morgan fingerprint density at radius 2 is 2.14 bits per heavy atom. The van der Waals surface area contributed by atoms with Crippen molar-refractivity contribution < 1.29 is 9.53 Å². The van der Waals surface area contributed by atoms with Gasteiger partial charge in [-0.1, -0.05) is 13.8 Å². The largest absolute Gasteiger partial charge is 0.479 e. The number of anilines is 1. The summed E-state index contributed by atoms with van der Waals surface area (Å²) in [7, 11) is 0. The van der Waals surface area contributed by atoms with Crippen LogP contribution < -0.4 is 10.1 Å². The van der Waals surface area contributed by atoms with Gasteiger partial charge in [0.25, 0.3) is 5.91 Å². The Labute approximate surface area is 122 Å². The van der Waals surface area contributed by atoms with Gasteiger partial charge in [0, 0.05) is 11.6 Å². The van der Waals surface area contributed by atoms with Gasteiger partial charge in [0.05, 0.1) is 0 Å². The molecule has 1 aromatic heterocycles. The van der Waals surface area contributed by atoms with E-state index in [1.54, 1.807) is 24.3 Å². The van der Waals surface area contributed by atoms with Crippen LogP contribution in [0.1, 0.15) is 36.2 Å². The fourth-order valence-corrected chi connectivity index (χ4v) is 1.57. The Balaban J connectivity index is 2.00. The maximum atomic E-state index is 12.0. The number of H-pyrrole nitrogens is 1. The lowest BCUT2D eigenvalue weighted by atomic mass is 10.2. The monoisotopic (exact) mass is 285 g/mol. The molecule has 0 atom stereocenters. The zero-order valence-electron chi connectivity index (χ0n) is 11.8. The summed E-state index contributed by atoms with van der Waals surface area (Å²) >= 11 is 0. The van der Waals surface area contributed by atoms with Crippen LogP contribution in [0.15, 0.2) is 24.3 Å². The third-order valence-electron chi connectivity index (χ3n) is 2.67. The van der Waals surface area contributed by atoms with Gasteiger partial charge in [0.2, 0.25) is 5.82 Å². The van der Waals surface area contributed by atoms with Gasteiger partial charge in [-0.3, -0.25) is 9.89 Å². The van der Waals surface area contributed by atoms with Crippen LogP contribution in [0.25, 0.3) is 0 Å². The Hall–Kier alpha value is -2.88. The summed E-state index contributed by atoms with van der Waals surface area (Å²) in [6, 6.07) is 8.59. The van der Waals surface area contributed by atoms with Gasteiger partial charge in [-0.25, -0.2) is 4.98 Å². The number of nitrogens with zero attached hydrogens (tertiary/aromatic N) is 3. The fraction of sp³-hybridized carbons (Fsp3) is 0.286. The van der Waals surface area contributed by atoms with E-state index >= 15 is 0 Å². The molecule has 0 spiro atoms. The van der Waals surface area contributed by atoms with E-state index in [1.165, 1.54) is 0 Å². The minimum Gasteiger partial charge on any atom is -0.479 e.